The number of carboxylic acid groups (broad SMARTS) is 1. The molecule has 4 aromatic rings. The summed E-state index contributed by atoms with van der Waals surface area (Å²) >= 11 is 6.13. The topological polar surface area (TPSA) is 96.6 Å². The number of rotatable bonds is 8. The van der Waals surface area contributed by atoms with E-state index in [2.05, 4.69) is 13.8 Å². The van der Waals surface area contributed by atoms with Gasteiger partial charge in [0, 0.05) is 10.4 Å². The van der Waals surface area contributed by atoms with Gasteiger partial charge in [-0.15, -0.1) is 0 Å². The number of hydrogen-bond donors (Lipinski definition) is 2. The van der Waals surface area contributed by atoms with Crippen LogP contribution in [0.2, 0.25) is 5.02 Å². The third-order valence-electron chi connectivity index (χ3n) is 5.97. The average Bonchev–Trinajstić information content (AvgIpc) is 3.23. The van der Waals surface area contributed by atoms with Crippen molar-refractivity contribution in [2.24, 2.45) is 0 Å². The van der Waals surface area contributed by atoms with Gasteiger partial charge in [0.25, 0.3) is 0 Å². The van der Waals surface area contributed by atoms with Crippen molar-refractivity contribution in [1.82, 2.24) is 3.97 Å². The zero-order valence-electron chi connectivity index (χ0n) is 19.8. The monoisotopic (exact) mass is 523 g/mol. The van der Waals surface area contributed by atoms with Crippen LogP contribution in [0.3, 0.4) is 0 Å². The van der Waals surface area contributed by atoms with Crippen LogP contribution in [0.5, 0.6) is 0 Å². The molecule has 0 amide bonds. The van der Waals surface area contributed by atoms with Crippen molar-refractivity contribution in [2.75, 3.05) is 5.75 Å². The van der Waals surface area contributed by atoms with Crippen LogP contribution in [-0.4, -0.2) is 34.3 Å². The predicted molar refractivity (Wildman–Crippen MR) is 143 cm³/mol. The average molecular weight is 524 g/mol. The molecule has 0 fully saturated rings. The summed E-state index contributed by atoms with van der Waals surface area (Å²) in [5.41, 5.74) is 2.81. The van der Waals surface area contributed by atoms with Gasteiger partial charge in [-0.1, -0.05) is 74.0 Å². The maximum absolute atomic E-state index is 13.5. The molecule has 0 radical (unpaired) electrons. The highest BCUT2D eigenvalue weighted by Crippen LogP contribution is 2.32. The molecule has 0 saturated carbocycles. The van der Waals surface area contributed by atoms with Gasteiger partial charge in [0.05, 0.1) is 22.5 Å². The zero-order valence-corrected chi connectivity index (χ0v) is 21.4. The number of aliphatic hydroxyl groups excluding tert-OH is 1. The Hall–Kier alpha value is -3.39. The first-order chi connectivity index (χ1) is 17.1. The number of halogens is 1. The predicted octanol–water partition coefficient (Wildman–Crippen LogP) is 6.09. The van der Waals surface area contributed by atoms with Crippen molar-refractivity contribution in [1.29, 1.82) is 0 Å². The standard InChI is InChI=1S/C28H26ClNO5S/c1-18(2)20-10-8-19(9-11-20)5-4-14-36(34,35)30-25-13-12-24(29)16-23(25)17-26(30)27(31)21-6-3-7-22(15-21)28(32)33/h3-13,15-18,27,31H,14H2,1-2H3,(H,32,33). The lowest BCUT2D eigenvalue weighted by Crippen LogP contribution is -2.20. The van der Waals surface area contributed by atoms with Gasteiger partial charge in [-0.05, 0) is 59.0 Å². The summed E-state index contributed by atoms with van der Waals surface area (Å²) in [6.45, 7) is 4.21. The van der Waals surface area contributed by atoms with E-state index in [0.717, 1.165) is 9.54 Å². The first-order valence-corrected chi connectivity index (χ1v) is 13.4. The minimum Gasteiger partial charge on any atom is -0.478 e. The van der Waals surface area contributed by atoms with Gasteiger partial charge in [0.15, 0.2) is 0 Å². The Morgan fingerprint density at radius 2 is 1.72 bits per heavy atom. The molecule has 6 nitrogen and oxygen atoms in total. The van der Waals surface area contributed by atoms with E-state index in [1.807, 2.05) is 24.3 Å². The van der Waals surface area contributed by atoms with Crippen molar-refractivity contribution in [2.45, 2.75) is 25.9 Å². The molecular weight excluding hydrogens is 498 g/mol. The first-order valence-electron chi connectivity index (χ1n) is 11.4. The SMILES string of the molecule is CC(C)c1ccc(C=CCS(=O)(=O)n2c(C(O)c3cccc(C(=O)O)c3)cc3cc(Cl)ccc32)cc1. The third-order valence-corrected chi connectivity index (χ3v) is 7.79. The van der Waals surface area contributed by atoms with Crippen LogP contribution in [0.25, 0.3) is 17.0 Å². The van der Waals surface area contributed by atoms with Crippen LogP contribution in [0.4, 0.5) is 0 Å². The summed E-state index contributed by atoms with van der Waals surface area (Å²) in [5, 5.41) is 21.4. The lowest BCUT2D eigenvalue weighted by atomic mass is 10.0. The van der Waals surface area contributed by atoms with Gasteiger partial charge in [-0.3, -0.25) is 0 Å². The quantitative estimate of drug-likeness (QED) is 0.291. The van der Waals surface area contributed by atoms with Gasteiger partial charge in [-0.25, -0.2) is 17.2 Å². The van der Waals surface area contributed by atoms with Gasteiger partial charge < -0.3 is 10.2 Å². The fourth-order valence-electron chi connectivity index (χ4n) is 4.07. The highest BCUT2D eigenvalue weighted by atomic mass is 35.5. The van der Waals surface area contributed by atoms with Crippen LogP contribution in [0, 0.1) is 0 Å². The van der Waals surface area contributed by atoms with E-state index in [-0.39, 0.29) is 22.6 Å². The van der Waals surface area contributed by atoms with E-state index in [1.54, 1.807) is 42.5 Å². The molecule has 0 aliphatic carbocycles. The molecule has 0 spiro atoms. The maximum atomic E-state index is 13.5. The van der Waals surface area contributed by atoms with Crippen LogP contribution >= 0.6 is 11.6 Å². The number of fused-ring (bicyclic) bond motifs is 1. The summed E-state index contributed by atoms with van der Waals surface area (Å²) in [7, 11) is -3.95. The maximum Gasteiger partial charge on any atom is 0.335 e. The lowest BCUT2D eigenvalue weighted by molar-refractivity contribution is 0.0696. The molecule has 0 saturated heterocycles. The minimum atomic E-state index is -3.95. The molecule has 1 heterocycles. The molecule has 36 heavy (non-hydrogen) atoms. The van der Waals surface area contributed by atoms with Crippen molar-refractivity contribution < 1.29 is 23.4 Å². The van der Waals surface area contributed by atoms with Crippen LogP contribution in [0.15, 0.2) is 78.9 Å². The molecule has 8 heteroatoms. The van der Waals surface area contributed by atoms with Crippen molar-refractivity contribution >= 4 is 44.6 Å². The number of aliphatic hydroxyl groups is 1. The largest absolute Gasteiger partial charge is 0.478 e. The molecule has 186 valence electrons. The Morgan fingerprint density at radius 1 is 1.00 bits per heavy atom. The van der Waals surface area contributed by atoms with E-state index in [4.69, 9.17) is 11.6 Å². The molecule has 1 atom stereocenters. The van der Waals surface area contributed by atoms with Gasteiger partial charge in [0.1, 0.15) is 6.10 Å². The summed E-state index contributed by atoms with van der Waals surface area (Å²) in [6.07, 6.45) is 1.94. The van der Waals surface area contributed by atoms with E-state index in [1.165, 1.54) is 23.8 Å². The number of aromatic nitrogens is 1. The zero-order chi connectivity index (χ0) is 26.0. The molecule has 0 aliphatic heterocycles. The number of carboxylic acids is 1. The molecule has 1 aromatic heterocycles. The van der Waals surface area contributed by atoms with Gasteiger partial charge in [-0.2, -0.15) is 0 Å². The Kier molecular flexibility index (Phi) is 7.36. The summed E-state index contributed by atoms with van der Waals surface area (Å²) < 4.78 is 28.2. The summed E-state index contributed by atoms with van der Waals surface area (Å²) in [4.78, 5) is 11.4. The van der Waals surface area contributed by atoms with Gasteiger partial charge in [0.2, 0.25) is 10.0 Å². The normalized spacial score (nSPS) is 13.0. The van der Waals surface area contributed by atoms with Crippen molar-refractivity contribution in [3.63, 3.8) is 0 Å². The molecule has 2 N–H and O–H groups in total. The Balaban J connectivity index is 1.73. The molecular formula is C28H26ClNO5S. The molecule has 1 unspecified atom stereocenters. The number of carbonyl (C=O) groups is 1. The van der Waals surface area contributed by atoms with Crippen molar-refractivity contribution in [3.05, 3.63) is 112 Å². The fraction of sp³-hybridized carbons (Fsp3) is 0.179. The van der Waals surface area contributed by atoms with Crippen LogP contribution in [0.1, 0.15) is 58.6 Å². The summed E-state index contributed by atoms with van der Waals surface area (Å²) in [5.74, 6) is -1.05. The van der Waals surface area contributed by atoms with E-state index < -0.39 is 22.1 Å². The fourth-order valence-corrected chi connectivity index (χ4v) is 5.68. The van der Waals surface area contributed by atoms with Crippen LogP contribution in [-0.2, 0) is 10.0 Å². The molecule has 4 rings (SSSR count). The second-order valence-corrected chi connectivity index (χ2v) is 11.2. The van der Waals surface area contributed by atoms with Crippen molar-refractivity contribution in [3.8, 4) is 0 Å². The highest BCUT2D eigenvalue weighted by molar-refractivity contribution is 7.90. The number of nitrogens with zero attached hydrogens (tertiary/aromatic N) is 1. The number of hydrogen-bond acceptors (Lipinski definition) is 4. The third kappa shape index (κ3) is 5.38. The summed E-state index contributed by atoms with van der Waals surface area (Å²) in [6, 6.07) is 20.1. The molecule has 0 bridgehead atoms. The Bertz CT molecular complexity index is 1550. The number of aromatic carboxylic acids is 1. The van der Waals surface area contributed by atoms with Crippen LogP contribution < -0.4 is 0 Å². The second kappa shape index (κ2) is 10.3. The highest BCUT2D eigenvalue weighted by Gasteiger charge is 2.25. The lowest BCUT2D eigenvalue weighted by Gasteiger charge is -2.16. The van der Waals surface area contributed by atoms with E-state index in [0.29, 0.717) is 21.8 Å². The Labute approximate surface area is 215 Å². The van der Waals surface area contributed by atoms with E-state index >= 15 is 0 Å². The Morgan fingerprint density at radius 3 is 2.39 bits per heavy atom. The number of benzene rings is 3. The second-order valence-electron chi connectivity index (χ2n) is 8.87. The minimum absolute atomic E-state index is 0.00784. The molecule has 3 aromatic carbocycles. The van der Waals surface area contributed by atoms with E-state index in [9.17, 15) is 23.4 Å². The smallest absolute Gasteiger partial charge is 0.335 e. The first kappa shape index (κ1) is 25.7. The van der Waals surface area contributed by atoms with Gasteiger partial charge >= 0.3 is 5.97 Å². The molecule has 0 aliphatic rings.